The number of aliphatic hydroxyl groups is 1. The number of esters is 1. The summed E-state index contributed by atoms with van der Waals surface area (Å²) < 4.78 is 21.5. The van der Waals surface area contributed by atoms with Gasteiger partial charge in [-0.25, -0.2) is 9.59 Å². The van der Waals surface area contributed by atoms with Gasteiger partial charge in [-0.3, -0.25) is 19.3 Å². The number of amides is 3. The summed E-state index contributed by atoms with van der Waals surface area (Å²) in [6.45, 7) is -0.542. The number of rotatable bonds is 17. The van der Waals surface area contributed by atoms with E-state index in [1.54, 1.807) is 54.6 Å². The molecule has 1 fully saturated rings. The van der Waals surface area contributed by atoms with Crippen molar-refractivity contribution in [2.45, 2.75) is 49.8 Å². The number of aliphatic hydroxyl groups excluding tert-OH is 1. The van der Waals surface area contributed by atoms with E-state index in [-0.39, 0.29) is 50.5 Å². The van der Waals surface area contributed by atoms with Crippen LogP contribution in [0.3, 0.4) is 0 Å². The third-order valence-corrected chi connectivity index (χ3v) is 10.8. The molecular formula is C38H39Cl2N3O11S. The predicted molar refractivity (Wildman–Crippen MR) is 203 cm³/mol. The van der Waals surface area contributed by atoms with Crippen LogP contribution in [0.25, 0.3) is 0 Å². The van der Waals surface area contributed by atoms with E-state index in [2.05, 4.69) is 10.6 Å². The number of carbonyl (C=O) groups excluding carboxylic acids is 4. The number of nitrogens with one attached hydrogen (secondary N) is 2. The molecule has 0 spiro atoms. The highest BCUT2D eigenvalue weighted by Gasteiger charge is 2.54. The Balaban J connectivity index is 1.27. The van der Waals surface area contributed by atoms with Gasteiger partial charge in [0.1, 0.15) is 41.8 Å². The van der Waals surface area contributed by atoms with Crippen LogP contribution in [0, 0.1) is 0 Å². The highest BCUT2D eigenvalue weighted by Crippen LogP contribution is 2.41. The lowest BCUT2D eigenvalue weighted by Gasteiger charge is -2.49. The summed E-state index contributed by atoms with van der Waals surface area (Å²) in [5.41, 5.74) is 2.32. The predicted octanol–water partition coefficient (Wildman–Crippen LogP) is 4.82. The van der Waals surface area contributed by atoms with Gasteiger partial charge in [0.05, 0.1) is 33.2 Å². The molecule has 3 amide bonds. The number of methoxy groups -OCH3 is 2. The van der Waals surface area contributed by atoms with Gasteiger partial charge in [0.15, 0.2) is 0 Å². The highest BCUT2D eigenvalue weighted by atomic mass is 35.5. The molecule has 14 nitrogen and oxygen atoms in total. The molecule has 3 atom stereocenters. The molecular weight excluding hydrogens is 777 g/mol. The lowest BCUT2D eigenvalue weighted by atomic mass is 9.89. The van der Waals surface area contributed by atoms with Crippen LogP contribution >= 0.6 is 35.0 Å². The zero-order valence-electron chi connectivity index (χ0n) is 29.8. The maximum atomic E-state index is 14.1. The molecule has 0 bridgehead atoms. The van der Waals surface area contributed by atoms with Crippen molar-refractivity contribution in [2.24, 2.45) is 0 Å². The lowest BCUT2D eigenvalue weighted by Crippen LogP contribution is -2.71. The van der Waals surface area contributed by atoms with Crippen LogP contribution in [0.2, 0.25) is 10.0 Å². The number of carboxylic acids is 1. The number of aliphatic carboxylic acids is 1. The van der Waals surface area contributed by atoms with Gasteiger partial charge in [0.2, 0.25) is 5.91 Å². The molecule has 0 aliphatic carbocycles. The topological polar surface area (TPSA) is 190 Å². The van der Waals surface area contributed by atoms with Crippen molar-refractivity contribution in [2.75, 3.05) is 33.1 Å². The summed E-state index contributed by atoms with van der Waals surface area (Å²) in [6, 6.07) is 15.4. The van der Waals surface area contributed by atoms with E-state index in [9.17, 15) is 34.2 Å². The maximum absolute atomic E-state index is 14.1. The number of hydrogen-bond donors (Lipinski definition) is 4. The molecule has 0 saturated carbocycles. The second kappa shape index (κ2) is 19.1. The first-order chi connectivity index (χ1) is 26.4. The first kappa shape index (κ1) is 41.2. The van der Waals surface area contributed by atoms with Gasteiger partial charge in [-0.05, 0) is 59.9 Å². The number of benzene rings is 3. The largest absolute Gasteiger partial charge is 0.497 e. The SMILES string of the molecule is COc1ccc(COC(=O)C2=C(CO)CS[C@H]3[C@@H](NC(=O)C(CCCNC(=O)OCc4ccc(Cl)cc4Cl)c4cc(CC(=O)O)ccc4OC)C(=O)N23)cc1. The molecule has 2 heterocycles. The molecule has 0 aromatic heterocycles. The Morgan fingerprint density at radius 3 is 2.38 bits per heavy atom. The summed E-state index contributed by atoms with van der Waals surface area (Å²) in [5.74, 6) is -2.74. The fourth-order valence-corrected chi connectivity index (χ4v) is 7.88. The molecule has 3 aromatic rings. The van der Waals surface area contributed by atoms with Crippen molar-refractivity contribution in [1.82, 2.24) is 15.5 Å². The number of hydrogen-bond acceptors (Lipinski definition) is 11. The van der Waals surface area contributed by atoms with Gasteiger partial charge in [-0.1, -0.05) is 53.5 Å². The van der Waals surface area contributed by atoms with Gasteiger partial charge in [-0.15, -0.1) is 11.8 Å². The van der Waals surface area contributed by atoms with Crippen LogP contribution in [-0.4, -0.2) is 89.5 Å². The number of β-lactam (4-membered cyclic amide) rings is 1. The van der Waals surface area contributed by atoms with Crippen LogP contribution in [0.5, 0.6) is 11.5 Å². The summed E-state index contributed by atoms with van der Waals surface area (Å²) in [5, 5.41) is 25.1. The van der Waals surface area contributed by atoms with E-state index in [0.29, 0.717) is 49.4 Å². The highest BCUT2D eigenvalue weighted by molar-refractivity contribution is 8.00. The van der Waals surface area contributed by atoms with E-state index >= 15 is 0 Å². The Labute approximate surface area is 331 Å². The number of carbonyl (C=O) groups is 5. The Hall–Kier alpha value is -4.96. The average molecular weight is 817 g/mol. The van der Waals surface area contributed by atoms with Gasteiger partial charge in [0.25, 0.3) is 5.91 Å². The van der Waals surface area contributed by atoms with Crippen LogP contribution in [0.1, 0.15) is 41.0 Å². The molecule has 5 rings (SSSR count). The molecule has 17 heteroatoms. The van der Waals surface area contributed by atoms with E-state index in [0.717, 1.165) is 0 Å². The number of nitrogens with zero attached hydrogens (tertiary/aromatic N) is 1. The van der Waals surface area contributed by atoms with Gasteiger partial charge in [0, 0.05) is 33.5 Å². The maximum Gasteiger partial charge on any atom is 0.407 e. The van der Waals surface area contributed by atoms with E-state index in [4.69, 9.17) is 42.1 Å². The van der Waals surface area contributed by atoms with Crippen molar-refractivity contribution >= 4 is 64.8 Å². The molecule has 55 heavy (non-hydrogen) atoms. The van der Waals surface area contributed by atoms with Crippen molar-refractivity contribution in [3.8, 4) is 11.5 Å². The van der Waals surface area contributed by atoms with Crippen LogP contribution < -0.4 is 20.1 Å². The lowest BCUT2D eigenvalue weighted by molar-refractivity contribution is -0.153. The van der Waals surface area contributed by atoms with E-state index in [1.165, 1.54) is 36.9 Å². The molecule has 2 aliphatic rings. The molecule has 1 saturated heterocycles. The fourth-order valence-electron chi connectivity index (χ4n) is 6.08. The zero-order chi connectivity index (χ0) is 39.6. The second-order valence-corrected chi connectivity index (χ2v) is 14.5. The molecule has 1 unspecified atom stereocenters. The normalized spacial score (nSPS) is 16.7. The van der Waals surface area contributed by atoms with Crippen molar-refractivity contribution in [3.05, 3.63) is 104 Å². The van der Waals surface area contributed by atoms with Crippen molar-refractivity contribution in [1.29, 1.82) is 0 Å². The third kappa shape index (κ3) is 10.2. The van der Waals surface area contributed by atoms with Crippen LogP contribution in [0.4, 0.5) is 4.79 Å². The van der Waals surface area contributed by atoms with E-state index in [1.807, 2.05) is 0 Å². The summed E-state index contributed by atoms with van der Waals surface area (Å²) in [6.07, 6.45) is -0.586. The Morgan fingerprint density at radius 1 is 0.964 bits per heavy atom. The Bertz CT molecular complexity index is 1960. The summed E-state index contributed by atoms with van der Waals surface area (Å²) in [4.78, 5) is 66.3. The molecule has 0 radical (unpaired) electrons. The summed E-state index contributed by atoms with van der Waals surface area (Å²) >= 11 is 13.4. The number of alkyl carbamates (subject to hydrolysis) is 1. The van der Waals surface area contributed by atoms with Gasteiger partial charge in [-0.2, -0.15) is 0 Å². The van der Waals surface area contributed by atoms with Gasteiger partial charge >= 0.3 is 18.0 Å². The fraction of sp³-hybridized carbons (Fsp3) is 0.342. The first-order valence-corrected chi connectivity index (χ1v) is 18.9. The standard InChI is InChI=1S/C38H39Cl2N3O11S/c1-51-26-10-5-21(6-11-26)18-53-37(49)33-24(17-44)20-55-36-32(35(48)43(33)36)42-34(47)27(28-14-22(15-31(45)46)7-12-30(28)52-2)4-3-13-41-38(50)54-19-23-8-9-25(39)16-29(23)40/h5-12,14,16,27,32,36,44H,3-4,13,15,17-20H2,1-2H3,(H,41,50)(H,42,47)(H,45,46)/t27?,32-,36-/m0/s1. The monoisotopic (exact) mass is 815 g/mol. The van der Waals surface area contributed by atoms with Crippen molar-refractivity contribution in [3.63, 3.8) is 0 Å². The smallest absolute Gasteiger partial charge is 0.407 e. The second-order valence-electron chi connectivity index (χ2n) is 12.5. The molecule has 2 aliphatic heterocycles. The van der Waals surface area contributed by atoms with Gasteiger partial charge < -0.3 is 39.8 Å². The van der Waals surface area contributed by atoms with Crippen LogP contribution in [-0.2, 0) is 48.3 Å². The van der Waals surface area contributed by atoms with Crippen LogP contribution in [0.15, 0.2) is 71.9 Å². The molecule has 4 N–H and O–H groups in total. The molecule has 292 valence electrons. The quantitative estimate of drug-likeness (QED) is 0.0828. The Kier molecular flexibility index (Phi) is 14.3. The minimum absolute atomic E-state index is 0.0638. The number of ether oxygens (including phenoxy) is 4. The summed E-state index contributed by atoms with van der Waals surface area (Å²) in [7, 11) is 2.95. The first-order valence-electron chi connectivity index (χ1n) is 17.0. The van der Waals surface area contributed by atoms with E-state index < -0.39 is 53.8 Å². The third-order valence-electron chi connectivity index (χ3n) is 8.91. The Morgan fingerprint density at radius 2 is 1.71 bits per heavy atom. The number of fused-ring (bicyclic) bond motifs is 1. The number of thioether (sulfide) groups is 1. The number of carboxylic acid groups (broad SMARTS) is 1. The average Bonchev–Trinajstić information content (AvgIpc) is 3.17. The van der Waals surface area contributed by atoms with Crippen molar-refractivity contribution < 1.29 is 53.1 Å². The minimum Gasteiger partial charge on any atom is -0.497 e. The zero-order valence-corrected chi connectivity index (χ0v) is 32.2. The minimum atomic E-state index is -1.07. The number of halogens is 2. The molecule has 3 aromatic carbocycles.